The number of alkyl halides is 2. The highest BCUT2D eigenvalue weighted by Gasteiger charge is 2.45. The van der Waals surface area contributed by atoms with Crippen molar-refractivity contribution in [1.82, 2.24) is 15.5 Å². The third kappa shape index (κ3) is 2.69. The fourth-order valence-corrected chi connectivity index (χ4v) is 2.45. The van der Waals surface area contributed by atoms with Gasteiger partial charge in [-0.05, 0) is 0 Å². The van der Waals surface area contributed by atoms with Gasteiger partial charge < -0.3 is 20.6 Å². The fraction of sp³-hybridized carbons (Fsp3) is 0.800. The smallest absolute Gasteiger partial charge is 0.404 e. The van der Waals surface area contributed by atoms with Crippen LogP contribution in [0.25, 0.3) is 0 Å². The molecule has 0 aromatic heterocycles. The van der Waals surface area contributed by atoms with E-state index < -0.39 is 37.1 Å². The molecule has 0 spiro atoms. The van der Waals surface area contributed by atoms with Gasteiger partial charge in [-0.2, -0.15) is 0 Å². The van der Waals surface area contributed by atoms with E-state index in [2.05, 4.69) is 10.6 Å². The zero-order valence-corrected chi connectivity index (χ0v) is 9.66. The Morgan fingerprint density at radius 3 is 2.89 bits per heavy atom. The number of hydrogen-bond acceptors (Lipinski definition) is 3. The highest BCUT2D eigenvalue weighted by molar-refractivity contribution is 5.78. The van der Waals surface area contributed by atoms with Crippen LogP contribution in [0.4, 0.5) is 13.6 Å². The van der Waals surface area contributed by atoms with Gasteiger partial charge in [-0.1, -0.05) is 0 Å². The molecule has 0 aromatic carbocycles. The molecular weight excluding hydrogens is 248 g/mol. The topological polar surface area (TPSA) is 81.7 Å². The van der Waals surface area contributed by atoms with E-state index >= 15 is 0 Å². The maximum atomic E-state index is 13.3. The predicted molar refractivity (Wildman–Crippen MR) is 57.5 cm³/mol. The molecule has 8 heteroatoms. The molecule has 2 heterocycles. The van der Waals surface area contributed by atoms with E-state index in [0.29, 0.717) is 13.1 Å². The molecule has 0 aromatic rings. The molecule has 2 aliphatic rings. The zero-order valence-electron chi connectivity index (χ0n) is 9.66. The van der Waals surface area contributed by atoms with Crippen LogP contribution in [0.1, 0.15) is 12.8 Å². The van der Waals surface area contributed by atoms with E-state index in [-0.39, 0.29) is 12.3 Å². The number of carbonyl (C=O) groups is 2. The van der Waals surface area contributed by atoms with Gasteiger partial charge in [0.25, 0.3) is 5.92 Å². The average Bonchev–Trinajstić information content (AvgIpc) is 2.69. The molecule has 0 unspecified atom stereocenters. The highest BCUT2D eigenvalue weighted by atomic mass is 19.3. The minimum Gasteiger partial charge on any atom is -0.465 e. The Morgan fingerprint density at radius 2 is 2.22 bits per heavy atom. The number of likely N-dealkylation sites (tertiary alicyclic amines) is 1. The molecule has 0 radical (unpaired) electrons. The second-order valence-corrected chi connectivity index (χ2v) is 4.66. The molecular formula is C10H15F2N3O3. The van der Waals surface area contributed by atoms with Crippen molar-refractivity contribution in [2.75, 3.05) is 19.6 Å². The van der Waals surface area contributed by atoms with Gasteiger partial charge in [0, 0.05) is 25.9 Å². The number of nitrogens with zero attached hydrogens (tertiary/aromatic N) is 1. The van der Waals surface area contributed by atoms with E-state index in [1.807, 2.05) is 0 Å². The Morgan fingerprint density at radius 1 is 1.50 bits per heavy atom. The molecule has 2 amide bonds. The van der Waals surface area contributed by atoms with Crippen LogP contribution in [-0.2, 0) is 4.79 Å². The second-order valence-electron chi connectivity index (χ2n) is 4.66. The van der Waals surface area contributed by atoms with Crippen LogP contribution in [0.2, 0.25) is 0 Å². The summed E-state index contributed by atoms with van der Waals surface area (Å²) >= 11 is 0. The molecule has 6 nitrogen and oxygen atoms in total. The van der Waals surface area contributed by atoms with Crippen molar-refractivity contribution in [2.24, 2.45) is 0 Å². The lowest BCUT2D eigenvalue weighted by Crippen LogP contribution is -2.57. The van der Waals surface area contributed by atoms with Gasteiger partial charge in [0.1, 0.15) is 0 Å². The zero-order chi connectivity index (χ0) is 13.3. The van der Waals surface area contributed by atoms with Crippen LogP contribution >= 0.6 is 0 Å². The normalized spacial score (nSPS) is 31.4. The molecule has 2 fully saturated rings. The number of carbonyl (C=O) groups excluding carboxylic acids is 1. The number of piperidine rings is 1. The summed E-state index contributed by atoms with van der Waals surface area (Å²) in [6.07, 6.45) is -1.84. The van der Waals surface area contributed by atoms with E-state index in [1.54, 1.807) is 0 Å². The summed E-state index contributed by atoms with van der Waals surface area (Å²) in [6, 6.07) is -1.08. The number of hydrogen-bond donors (Lipinski definition) is 3. The van der Waals surface area contributed by atoms with Crippen molar-refractivity contribution in [3.63, 3.8) is 0 Å². The molecule has 102 valence electrons. The van der Waals surface area contributed by atoms with E-state index in [0.717, 1.165) is 4.90 Å². The first-order chi connectivity index (χ1) is 8.39. The van der Waals surface area contributed by atoms with Crippen molar-refractivity contribution in [3.05, 3.63) is 0 Å². The third-order valence-electron chi connectivity index (χ3n) is 3.32. The summed E-state index contributed by atoms with van der Waals surface area (Å²) in [5, 5.41) is 13.8. The van der Waals surface area contributed by atoms with E-state index in [1.165, 1.54) is 0 Å². The maximum absolute atomic E-state index is 13.3. The Bertz CT molecular complexity index is 364. The van der Waals surface area contributed by atoms with Crippen LogP contribution in [0.3, 0.4) is 0 Å². The fourth-order valence-electron chi connectivity index (χ4n) is 2.45. The number of amides is 2. The quantitative estimate of drug-likeness (QED) is 0.647. The van der Waals surface area contributed by atoms with E-state index in [4.69, 9.17) is 5.11 Å². The largest absolute Gasteiger partial charge is 0.465 e. The van der Waals surface area contributed by atoms with Crippen molar-refractivity contribution in [1.29, 1.82) is 0 Å². The maximum Gasteiger partial charge on any atom is 0.404 e. The first-order valence-electron chi connectivity index (χ1n) is 5.76. The first-order valence-corrected chi connectivity index (χ1v) is 5.76. The Kier molecular flexibility index (Phi) is 3.38. The van der Waals surface area contributed by atoms with Crippen molar-refractivity contribution >= 4 is 12.0 Å². The summed E-state index contributed by atoms with van der Waals surface area (Å²) in [5.41, 5.74) is 0. The number of carboxylic acid groups (broad SMARTS) is 1. The van der Waals surface area contributed by atoms with Crippen LogP contribution < -0.4 is 10.6 Å². The molecule has 2 aliphatic heterocycles. The van der Waals surface area contributed by atoms with Crippen molar-refractivity contribution in [2.45, 2.75) is 30.8 Å². The summed E-state index contributed by atoms with van der Waals surface area (Å²) in [4.78, 5) is 23.4. The molecule has 0 bridgehead atoms. The van der Waals surface area contributed by atoms with Crippen LogP contribution in [0, 0.1) is 0 Å². The molecule has 2 rings (SSSR count). The van der Waals surface area contributed by atoms with Crippen molar-refractivity contribution in [3.8, 4) is 0 Å². The van der Waals surface area contributed by atoms with Crippen LogP contribution in [0.5, 0.6) is 0 Å². The lowest BCUT2D eigenvalue weighted by atomic mass is 10.0. The molecule has 2 saturated heterocycles. The number of halogens is 2. The third-order valence-corrected chi connectivity index (χ3v) is 3.32. The van der Waals surface area contributed by atoms with Gasteiger partial charge >= 0.3 is 6.09 Å². The number of rotatable bonds is 2. The summed E-state index contributed by atoms with van der Waals surface area (Å²) in [6.45, 7) is 0.0368. The van der Waals surface area contributed by atoms with Gasteiger partial charge in [-0.25, -0.2) is 13.6 Å². The van der Waals surface area contributed by atoms with Gasteiger partial charge in [0.05, 0.1) is 18.6 Å². The minimum atomic E-state index is -2.88. The van der Waals surface area contributed by atoms with Crippen LogP contribution in [0.15, 0.2) is 0 Å². The summed E-state index contributed by atoms with van der Waals surface area (Å²) < 4.78 is 26.6. The minimum absolute atomic E-state index is 0.191. The first kappa shape index (κ1) is 13.0. The Labute approximate surface area is 102 Å². The van der Waals surface area contributed by atoms with Gasteiger partial charge in [0.2, 0.25) is 5.91 Å². The second kappa shape index (κ2) is 4.68. The van der Waals surface area contributed by atoms with Crippen molar-refractivity contribution < 1.29 is 23.5 Å². The summed E-state index contributed by atoms with van der Waals surface area (Å²) in [5.74, 6) is -3.23. The molecule has 0 saturated carbocycles. The average molecular weight is 263 g/mol. The molecule has 3 N–H and O–H groups in total. The lowest BCUT2D eigenvalue weighted by molar-refractivity contribution is -0.150. The predicted octanol–water partition coefficient (Wildman–Crippen LogP) is -0.148. The van der Waals surface area contributed by atoms with Crippen LogP contribution in [-0.4, -0.2) is 59.6 Å². The Hall–Kier alpha value is -1.44. The van der Waals surface area contributed by atoms with Gasteiger partial charge in [0.15, 0.2) is 0 Å². The molecule has 2 atom stereocenters. The summed E-state index contributed by atoms with van der Waals surface area (Å²) in [7, 11) is 0. The molecule has 0 aliphatic carbocycles. The monoisotopic (exact) mass is 263 g/mol. The van der Waals surface area contributed by atoms with Gasteiger partial charge in [-0.15, -0.1) is 0 Å². The SMILES string of the molecule is O=C(O)N[C@H]1CNC[C@@H]1N1CC(F)(F)CCC1=O. The number of nitrogens with one attached hydrogen (secondary N) is 2. The molecule has 18 heavy (non-hydrogen) atoms. The lowest BCUT2D eigenvalue weighted by Gasteiger charge is -2.38. The highest BCUT2D eigenvalue weighted by Crippen LogP contribution is 2.29. The van der Waals surface area contributed by atoms with E-state index in [9.17, 15) is 18.4 Å². The standard InChI is InChI=1S/C10H15F2N3O3/c11-10(12)2-1-8(16)15(5-10)7-4-13-3-6(7)14-9(17)18/h6-7,13-14H,1-5H2,(H,17,18)/t6-,7-/m0/s1. The Balaban J connectivity index is 2.08. The van der Waals surface area contributed by atoms with Gasteiger partial charge in [-0.3, -0.25) is 4.79 Å².